The first-order chi connectivity index (χ1) is 6.72. The average Bonchev–Trinajstić information content (AvgIpc) is 2.16. The fraction of sp³-hybridized carbons (Fsp3) is 0.800. The number of nitrogens with zero attached hydrogens (tertiary/aromatic N) is 1. The molecule has 82 valence electrons. The van der Waals surface area contributed by atoms with Gasteiger partial charge in [-0.05, 0) is 6.42 Å². The van der Waals surface area contributed by atoms with Gasteiger partial charge >= 0.3 is 5.97 Å². The van der Waals surface area contributed by atoms with Gasteiger partial charge in [-0.25, -0.2) is 4.79 Å². The minimum absolute atomic E-state index is 0.138. The highest BCUT2D eigenvalue weighted by molar-refractivity contribution is 6.35. The maximum absolute atomic E-state index is 10.4. The van der Waals surface area contributed by atoms with Gasteiger partial charge in [0.2, 0.25) is 0 Å². The van der Waals surface area contributed by atoms with Gasteiger partial charge in [-0.1, -0.05) is 44.2 Å². The van der Waals surface area contributed by atoms with Crippen molar-refractivity contribution in [2.45, 2.75) is 51.9 Å². The number of carboxylic acids is 1. The summed E-state index contributed by atoms with van der Waals surface area (Å²) >= 11 is 0. The lowest BCUT2D eigenvalue weighted by atomic mass is 10.1. The van der Waals surface area contributed by atoms with Crippen LogP contribution in [0.5, 0.6) is 0 Å². The molecule has 0 radical (unpaired) electrons. The number of carbonyl (C=O) groups is 1. The SMILES string of the molecule is CCCCCCCC/C(=N/O)C(=O)O. The zero-order chi connectivity index (χ0) is 10.8. The second-order valence-corrected chi connectivity index (χ2v) is 3.37. The zero-order valence-electron chi connectivity index (χ0n) is 8.70. The number of hydrogen-bond acceptors (Lipinski definition) is 3. The summed E-state index contributed by atoms with van der Waals surface area (Å²) in [5.74, 6) is -1.12. The fourth-order valence-corrected chi connectivity index (χ4v) is 1.27. The highest BCUT2D eigenvalue weighted by Gasteiger charge is 2.08. The van der Waals surface area contributed by atoms with Gasteiger partial charge in [0.25, 0.3) is 0 Å². The lowest BCUT2D eigenvalue weighted by Crippen LogP contribution is -2.12. The van der Waals surface area contributed by atoms with E-state index in [1.807, 2.05) is 0 Å². The van der Waals surface area contributed by atoms with Crippen molar-refractivity contribution in [2.75, 3.05) is 0 Å². The summed E-state index contributed by atoms with van der Waals surface area (Å²) in [7, 11) is 0. The number of aliphatic carboxylic acids is 1. The highest BCUT2D eigenvalue weighted by atomic mass is 16.4. The van der Waals surface area contributed by atoms with Gasteiger partial charge in [-0.15, -0.1) is 0 Å². The van der Waals surface area contributed by atoms with Crippen LogP contribution >= 0.6 is 0 Å². The van der Waals surface area contributed by atoms with Crippen molar-refractivity contribution in [3.05, 3.63) is 0 Å². The van der Waals surface area contributed by atoms with Gasteiger partial charge in [0.05, 0.1) is 0 Å². The van der Waals surface area contributed by atoms with E-state index in [1.54, 1.807) is 0 Å². The summed E-state index contributed by atoms with van der Waals surface area (Å²) in [6.07, 6.45) is 6.93. The molecular weight excluding hydrogens is 182 g/mol. The molecule has 0 aromatic heterocycles. The van der Waals surface area contributed by atoms with Crippen molar-refractivity contribution in [1.29, 1.82) is 0 Å². The van der Waals surface area contributed by atoms with Crippen molar-refractivity contribution in [3.63, 3.8) is 0 Å². The van der Waals surface area contributed by atoms with Crippen LogP contribution in [-0.2, 0) is 4.79 Å². The van der Waals surface area contributed by atoms with Crippen LogP contribution in [0, 0.1) is 0 Å². The van der Waals surface area contributed by atoms with Crippen LogP contribution in [0.1, 0.15) is 51.9 Å². The molecule has 0 atom stereocenters. The van der Waals surface area contributed by atoms with Gasteiger partial charge in [-0.3, -0.25) is 0 Å². The standard InChI is InChI=1S/C10H19NO3/c1-2-3-4-5-6-7-8-9(11-14)10(12)13/h14H,2-8H2,1H3,(H,12,13)/b11-9-. The fourth-order valence-electron chi connectivity index (χ4n) is 1.27. The minimum Gasteiger partial charge on any atom is -0.477 e. The quantitative estimate of drug-likeness (QED) is 0.274. The normalized spacial score (nSPS) is 11.6. The second-order valence-electron chi connectivity index (χ2n) is 3.37. The molecule has 0 aliphatic rings. The first kappa shape index (κ1) is 12.9. The molecule has 0 fully saturated rings. The Morgan fingerprint density at radius 1 is 1.14 bits per heavy atom. The second kappa shape index (κ2) is 8.53. The summed E-state index contributed by atoms with van der Waals surface area (Å²) in [5, 5.41) is 19.6. The number of rotatable bonds is 8. The van der Waals surface area contributed by atoms with Crippen molar-refractivity contribution in [2.24, 2.45) is 5.16 Å². The van der Waals surface area contributed by atoms with E-state index in [2.05, 4.69) is 12.1 Å². The van der Waals surface area contributed by atoms with Gasteiger partial charge in [0, 0.05) is 6.42 Å². The topological polar surface area (TPSA) is 69.9 Å². The van der Waals surface area contributed by atoms with E-state index >= 15 is 0 Å². The third kappa shape index (κ3) is 6.46. The van der Waals surface area contributed by atoms with Crippen LogP contribution in [0.15, 0.2) is 5.16 Å². The molecule has 0 bridgehead atoms. The third-order valence-electron chi connectivity index (χ3n) is 2.13. The van der Waals surface area contributed by atoms with E-state index in [0.717, 1.165) is 19.3 Å². The number of oxime groups is 1. The Labute approximate surface area is 84.6 Å². The minimum atomic E-state index is -1.12. The molecule has 0 aromatic rings. The molecule has 0 unspecified atom stereocenters. The van der Waals surface area contributed by atoms with Crippen molar-refractivity contribution >= 4 is 11.7 Å². The van der Waals surface area contributed by atoms with Crippen molar-refractivity contribution < 1.29 is 15.1 Å². The van der Waals surface area contributed by atoms with Gasteiger partial charge in [0.1, 0.15) is 0 Å². The van der Waals surface area contributed by atoms with E-state index in [1.165, 1.54) is 19.3 Å². The Balaban J connectivity index is 3.39. The Bertz CT molecular complexity index is 190. The summed E-state index contributed by atoms with van der Waals surface area (Å²) in [4.78, 5) is 10.4. The smallest absolute Gasteiger partial charge is 0.353 e. The summed E-state index contributed by atoms with van der Waals surface area (Å²) in [6, 6.07) is 0. The Morgan fingerprint density at radius 3 is 2.21 bits per heavy atom. The molecule has 0 saturated heterocycles. The van der Waals surface area contributed by atoms with Crippen LogP contribution in [0.2, 0.25) is 0 Å². The Kier molecular flexibility index (Phi) is 7.89. The molecular formula is C10H19NO3. The molecule has 4 nitrogen and oxygen atoms in total. The highest BCUT2D eigenvalue weighted by Crippen LogP contribution is 2.07. The van der Waals surface area contributed by atoms with Crippen LogP contribution in [0.4, 0.5) is 0 Å². The van der Waals surface area contributed by atoms with E-state index in [0.29, 0.717) is 6.42 Å². The molecule has 0 heterocycles. The van der Waals surface area contributed by atoms with Crippen LogP contribution < -0.4 is 0 Å². The van der Waals surface area contributed by atoms with Crippen LogP contribution in [0.25, 0.3) is 0 Å². The first-order valence-corrected chi connectivity index (χ1v) is 5.16. The lowest BCUT2D eigenvalue weighted by Gasteiger charge is -2.00. The number of unbranched alkanes of at least 4 members (excludes halogenated alkanes) is 5. The van der Waals surface area contributed by atoms with Crippen LogP contribution in [0.3, 0.4) is 0 Å². The van der Waals surface area contributed by atoms with Crippen LogP contribution in [-0.4, -0.2) is 22.0 Å². The molecule has 14 heavy (non-hydrogen) atoms. The zero-order valence-corrected chi connectivity index (χ0v) is 8.70. The molecule has 0 aromatic carbocycles. The molecule has 0 aliphatic carbocycles. The molecule has 0 spiro atoms. The largest absolute Gasteiger partial charge is 0.477 e. The summed E-state index contributed by atoms with van der Waals surface area (Å²) < 4.78 is 0. The monoisotopic (exact) mass is 201 g/mol. The van der Waals surface area contributed by atoms with Gasteiger partial charge < -0.3 is 10.3 Å². The predicted octanol–water partition coefficient (Wildman–Crippen LogP) is 2.65. The van der Waals surface area contributed by atoms with Crippen molar-refractivity contribution in [1.82, 2.24) is 0 Å². The van der Waals surface area contributed by atoms with Gasteiger partial charge in [0.15, 0.2) is 5.71 Å². The molecule has 2 N–H and O–H groups in total. The molecule has 0 aliphatic heterocycles. The summed E-state index contributed by atoms with van der Waals surface area (Å²) in [5.41, 5.74) is -0.138. The van der Waals surface area contributed by atoms with Gasteiger partial charge in [-0.2, -0.15) is 0 Å². The van der Waals surface area contributed by atoms with E-state index < -0.39 is 5.97 Å². The van der Waals surface area contributed by atoms with E-state index in [9.17, 15) is 4.79 Å². The Hall–Kier alpha value is -1.06. The van der Waals surface area contributed by atoms with Crippen molar-refractivity contribution in [3.8, 4) is 0 Å². The molecule has 0 amide bonds. The summed E-state index contributed by atoms with van der Waals surface area (Å²) in [6.45, 7) is 2.15. The van der Waals surface area contributed by atoms with E-state index in [4.69, 9.17) is 10.3 Å². The first-order valence-electron chi connectivity index (χ1n) is 5.16. The number of carboxylic acid groups (broad SMARTS) is 1. The molecule has 0 saturated carbocycles. The number of hydrogen-bond donors (Lipinski definition) is 2. The maximum Gasteiger partial charge on any atom is 0.353 e. The third-order valence-corrected chi connectivity index (χ3v) is 2.13. The maximum atomic E-state index is 10.4. The molecule has 0 rings (SSSR count). The van der Waals surface area contributed by atoms with E-state index in [-0.39, 0.29) is 5.71 Å². The Morgan fingerprint density at radius 2 is 1.71 bits per heavy atom. The predicted molar refractivity (Wildman–Crippen MR) is 54.9 cm³/mol. The lowest BCUT2D eigenvalue weighted by molar-refractivity contribution is -0.129. The average molecular weight is 201 g/mol. The molecule has 4 heteroatoms.